The van der Waals surface area contributed by atoms with Gasteiger partial charge in [-0.3, -0.25) is 4.57 Å². The molecule has 0 rings (SSSR count). The van der Waals surface area contributed by atoms with Crippen LogP contribution in [-0.4, -0.2) is 22.5 Å². The summed E-state index contributed by atoms with van der Waals surface area (Å²) >= 11 is 3.17. The zero-order valence-electron chi connectivity index (χ0n) is 6.08. The minimum absolute atomic E-state index is 0.0230. The average molecular weight is 231 g/mol. The third-order valence-electron chi connectivity index (χ3n) is 0.813. The van der Waals surface area contributed by atoms with Gasteiger partial charge in [0.25, 0.3) is 0 Å². The van der Waals surface area contributed by atoms with Crippen molar-refractivity contribution in [2.24, 2.45) is 0 Å². The molecule has 5 heteroatoms. The van der Waals surface area contributed by atoms with Crippen LogP contribution in [0.15, 0.2) is 0 Å². The highest BCUT2D eigenvalue weighted by Gasteiger charge is 2.20. The molecule has 2 atom stereocenters. The molecule has 0 spiro atoms. The molecule has 2 unspecified atom stereocenters. The van der Waals surface area contributed by atoms with E-state index in [1.165, 1.54) is 0 Å². The standard InChI is InChI=1S/C5H12BrO3P/c1-3-9-10(7,8)4-5(2)6/h5H,3-4H2,1-2H3,(H,7,8). The molecule has 0 amide bonds. The van der Waals surface area contributed by atoms with Crippen LogP contribution in [0.2, 0.25) is 0 Å². The van der Waals surface area contributed by atoms with Crippen LogP contribution >= 0.6 is 23.5 Å². The average Bonchev–Trinajstić information content (AvgIpc) is 1.59. The summed E-state index contributed by atoms with van der Waals surface area (Å²) in [6, 6.07) is 0. The fraction of sp³-hybridized carbons (Fsp3) is 1.00. The first-order valence-electron chi connectivity index (χ1n) is 3.08. The number of alkyl halides is 1. The van der Waals surface area contributed by atoms with E-state index in [0.717, 1.165) is 0 Å². The maximum atomic E-state index is 10.9. The van der Waals surface area contributed by atoms with E-state index in [1.54, 1.807) is 6.92 Å². The van der Waals surface area contributed by atoms with Gasteiger partial charge in [-0.2, -0.15) is 0 Å². The lowest BCUT2D eigenvalue weighted by Crippen LogP contribution is -2.02. The minimum atomic E-state index is -3.30. The normalized spacial score (nSPS) is 20.0. The molecule has 62 valence electrons. The van der Waals surface area contributed by atoms with Gasteiger partial charge in [-0.25, -0.2) is 0 Å². The van der Waals surface area contributed by atoms with Crippen molar-refractivity contribution in [2.45, 2.75) is 18.7 Å². The van der Waals surface area contributed by atoms with Gasteiger partial charge in [-0.05, 0) is 6.92 Å². The molecule has 0 aromatic rings. The van der Waals surface area contributed by atoms with E-state index in [0.29, 0.717) is 0 Å². The first kappa shape index (κ1) is 10.6. The van der Waals surface area contributed by atoms with Gasteiger partial charge in [0.05, 0.1) is 12.8 Å². The Hall–Kier alpha value is 0.630. The topological polar surface area (TPSA) is 46.5 Å². The first-order valence-corrected chi connectivity index (χ1v) is 5.76. The van der Waals surface area contributed by atoms with Crippen LogP contribution < -0.4 is 0 Å². The predicted octanol–water partition coefficient (Wildman–Crippen LogP) is 1.99. The van der Waals surface area contributed by atoms with Crippen LogP contribution in [0.4, 0.5) is 0 Å². The van der Waals surface area contributed by atoms with Crippen LogP contribution in [0.1, 0.15) is 13.8 Å². The van der Waals surface area contributed by atoms with Crippen molar-refractivity contribution in [1.29, 1.82) is 0 Å². The van der Waals surface area contributed by atoms with Crippen molar-refractivity contribution in [2.75, 3.05) is 12.8 Å². The number of rotatable bonds is 4. The SMILES string of the molecule is CCOP(=O)(O)CC(C)Br. The molecule has 0 aliphatic heterocycles. The molecule has 0 aliphatic carbocycles. The van der Waals surface area contributed by atoms with E-state index in [2.05, 4.69) is 20.5 Å². The zero-order valence-corrected chi connectivity index (χ0v) is 8.56. The van der Waals surface area contributed by atoms with Crippen molar-refractivity contribution in [3.63, 3.8) is 0 Å². The maximum Gasteiger partial charge on any atom is 0.329 e. The summed E-state index contributed by atoms with van der Waals surface area (Å²) in [5, 5.41) is 0. The molecule has 0 saturated carbocycles. The quantitative estimate of drug-likeness (QED) is 0.594. The molecular formula is C5H12BrO3P. The van der Waals surface area contributed by atoms with E-state index in [-0.39, 0.29) is 17.6 Å². The van der Waals surface area contributed by atoms with E-state index < -0.39 is 7.60 Å². The van der Waals surface area contributed by atoms with Gasteiger partial charge in [-0.1, -0.05) is 22.9 Å². The second-order valence-corrected chi connectivity index (χ2v) is 5.48. The molecule has 0 fully saturated rings. The summed E-state index contributed by atoms with van der Waals surface area (Å²) < 4.78 is 15.5. The number of hydrogen-bond acceptors (Lipinski definition) is 2. The van der Waals surface area contributed by atoms with Crippen molar-refractivity contribution < 1.29 is 14.0 Å². The Balaban J connectivity index is 3.75. The van der Waals surface area contributed by atoms with Gasteiger partial charge in [0.2, 0.25) is 0 Å². The van der Waals surface area contributed by atoms with Gasteiger partial charge < -0.3 is 9.42 Å². The Kier molecular flexibility index (Phi) is 4.78. The molecule has 0 aromatic carbocycles. The number of halogens is 1. The van der Waals surface area contributed by atoms with E-state index in [9.17, 15) is 4.57 Å². The van der Waals surface area contributed by atoms with Crippen molar-refractivity contribution in [1.82, 2.24) is 0 Å². The van der Waals surface area contributed by atoms with Gasteiger partial charge >= 0.3 is 7.60 Å². The third kappa shape index (κ3) is 5.42. The first-order chi connectivity index (χ1) is 4.48. The van der Waals surface area contributed by atoms with Crippen molar-refractivity contribution in [3.8, 4) is 0 Å². The molecule has 10 heavy (non-hydrogen) atoms. The summed E-state index contributed by atoms with van der Waals surface area (Å²) in [5.41, 5.74) is 0. The molecule has 0 bridgehead atoms. The van der Waals surface area contributed by atoms with Crippen LogP contribution in [0.25, 0.3) is 0 Å². The molecule has 3 nitrogen and oxygen atoms in total. The van der Waals surface area contributed by atoms with Crippen LogP contribution in [0.3, 0.4) is 0 Å². The smallest absolute Gasteiger partial charge is 0.324 e. The Bertz CT molecular complexity index is 137. The highest BCUT2D eigenvalue weighted by Crippen LogP contribution is 2.43. The summed E-state index contributed by atoms with van der Waals surface area (Å²) in [7, 11) is -3.30. The molecular weight excluding hydrogens is 219 g/mol. The summed E-state index contributed by atoms with van der Waals surface area (Å²) in [6.07, 6.45) is 0.167. The molecule has 1 N–H and O–H groups in total. The van der Waals surface area contributed by atoms with Gasteiger partial charge in [0, 0.05) is 4.83 Å². The Morgan fingerprint density at radius 3 is 2.60 bits per heavy atom. The second kappa shape index (κ2) is 4.50. The molecule has 0 radical (unpaired) electrons. The lowest BCUT2D eigenvalue weighted by atomic mass is 10.6. The molecule has 0 aromatic heterocycles. The maximum absolute atomic E-state index is 10.9. The second-order valence-electron chi connectivity index (χ2n) is 2.02. The Labute approximate surface area is 69.4 Å². The third-order valence-corrected chi connectivity index (χ3v) is 3.31. The van der Waals surface area contributed by atoms with Gasteiger partial charge in [0.15, 0.2) is 0 Å². The monoisotopic (exact) mass is 230 g/mol. The van der Waals surface area contributed by atoms with Crippen LogP contribution in [0.5, 0.6) is 0 Å². The molecule has 0 saturated heterocycles. The fourth-order valence-corrected chi connectivity index (χ4v) is 2.81. The summed E-state index contributed by atoms with van der Waals surface area (Å²) in [6.45, 7) is 3.79. The lowest BCUT2D eigenvalue weighted by molar-refractivity contribution is 0.274. The zero-order chi connectivity index (χ0) is 8.20. The largest absolute Gasteiger partial charge is 0.329 e. The lowest BCUT2D eigenvalue weighted by Gasteiger charge is -2.11. The van der Waals surface area contributed by atoms with E-state index in [4.69, 9.17) is 4.89 Å². The minimum Gasteiger partial charge on any atom is -0.324 e. The van der Waals surface area contributed by atoms with Gasteiger partial charge in [0.1, 0.15) is 0 Å². The highest BCUT2D eigenvalue weighted by molar-refractivity contribution is 9.09. The van der Waals surface area contributed by atoms with Crippen LogP contribution in [-0.2, 0) is 9.09 Å². The fourth-order valence-electron chi connectivity index (χ4n) is 0.572. The van der Waals surface area contributed by atoms with Gasteiger partial charge in [-0.15, -0.1) is 0 Å². The highest BCUT2D eigenvalue weighted by atomic mass is 79.9. The van der Waals surface area contributed by atoms with E-state index in [1.807, 2.05) is 6.92 Å². The summed E-state index contributed by atoms with van der Waals surface area (Å²) in [5.74, 6) is 0. The predicted molar refractivity (Wildman–Crippen MR) is 44.7 cm³/mol. The van der Waals surface area contributed by atoms with Crippen LogP contribution in [0, 0.1) is 0 Å². The van der Waals surface area contributed by atoms with Crippen molar-refractivity contribution in [3.05, 3.63) is 0 Å². The number of hydrogen-bond donors (Lipinski definition) is 1. The molecule has 0 heterocycles. The summed E-state index contributed by atoms with van der Waals surface area (Å²) in [4.78, 5) is 9.01. The Morgan fingerprint density at radius 2 is 2.30 bits per heavy atom. The van der Waals surface area contributed by atoms with Crippen molar-refractivity contribution >= 4 is 23.5 Å². The Morgan fingerprint density at radius 1 is 1.80 bits per heavy atom. The molecule has 0 aliphatic rings. The van der Waals surface area contributed by atoms with E-state index >= 15 is 0 Å².